The second kappa shape index (κ2) is 17.0. The van der Waals surface area contributed by atoms with E-state index in [-0.39, 0.29) is 11.2 Å². The van der Waals surface area contributed by atoms with Crippen LogP contribution in [0.2, 0.25) is 0 Å². The van der Waals surface area contributed by atoms with E-state index in [1.807, 2.05) is 38.1 Å². The number of pyridine rings is 1. The van der Waals surface area contributed by atoms with E-state index >= 15 is 0 Å². The van der Waals surface area contributed by atoms with Crippen molar-refractivity contribution >= 4 is 28.5 Å². The van der Waals surface area contributed by atoms with Crippen LogP contribution >= 0.6 is 0 Å². The Morgan fingerprint density at radius 3 is 2.65 bits per heavy atom. The smallest absolute Gasteiger partial charge is 0.326 e. The highest BCUT2D eigenvalue weighted by Gasteiger charge is 2.24. The van der Waals surface area contributed by atoms with Gasteiger partial charge in [-0.05, 0) is 103 Å². The first-order chi connectivity index (χ1) is 22.0. The molecule has 4 rings (SSSR count). The molecule has 3 aromatic rings. The van der Waals surface area contributed by atoms with Gasteiger partial charge in [-0.1, -0.05) is 18.2 Å². The normalized spacial score (nSPS) is 14.2. The third-order valence-corrected chi connectivity index (χ3v) is 8.58. The number of hydrogen-bond acceptors (Lipinski definition) is 10. The molecule has 0 unspecified atom stereocenters. The zero-order chi connectivity index (χ0) is 33.0. The van der Waals surface area contributed by atoms with Gasteiger partial charge in [-0.15, -0.1) is 0 Å². The van der Waals surface area contributed by atoms with Gasteiger partial charge in [0.25, 0.3) is 0 Å². The van der Waals surface area contributed by atoms with Gasteiger partial charge in [0.15, 0.2) is 0 Å². The van der Waals surface area contributed by atoms with E-state index in [0.717, 1.165) is 74.0 Å². The number of carboxylic acids is 1. The highest BCUT2D eigenvalue weighted by atomic mass is 16.5. The van der Waals surface area contributed by atoms with Crippen LogP contribution in [-0.2, 0) is 27.1 Å². The van der Waals surface area contributed by atoms with Crippen molar-refractivity contribution < 1.29 is 19.4 Å². The van der Waals surface area contributed by atoms with Crippen molar-refractivity contribution in [2.45, 2.75) is 89.9 Å². The number of nitrogens with two attached hydrogens (primary N) is 1. The molecule has 3 heterocycles. The van der Waals surface area contributed by atoms with Crippen LogP contribution in [0.25, 0.3) is 10.9 Å². The number of carbonyl (C=O) groups is 1. The second-order valence-electron chi connectivity index (χ2n) is 13.4. The number of aliphatic carboxylic acids is 1. The third kappa shape index (κ3) is 11.2. The molecule has 1 aromatic carbocycles. The topological polar surface area (TPSA) is 148 Å². The molecule has 0 bridgehead atoms. The number of aryl methyl sites for hydroxylation is 2. The van der Waals surface area contributed by atoms with E-state index in [1.54, 1.807) is 0 Å². The summed E-state index contributed by atoms with van der Waals surface area (Å²) in [4.78, 5) is 28.1. The summed E-state index contributed by atoms with van der Waals surface area (Å²) in [7, 11) is 0. The van der Waals surface area contributed by atoms with Crippen LogP contribution in [0.1, 0.15) is 71.1 Å². The maximum absolute atomic E-state index is 12.3. The molecule has 0 saturated carbocycles. The molecule has 0 fully saturated rings. The summed E-state index contributed by atoms with van der Waals surface area (Å²) in [5.74, 6) is 0.653. The quantitative estimate of drug-likeness (QED) is 0.126. The molecule has 11 heteroatoms. The molecule has 1 aliphatic rings. The number of benzene rings is 1. The molecule has 0 aliphatic carbocycles. The van der Waals surface area contributed by atoms with Crippen molar-refractivity contribution in [2.75, 3.05) is 56.6 Å². The number of rotatable bonds is 20. The maximum atomic E-state index is 12.3. The number of nitrogens with zero attached hydrogens (tertiary/aromatic N) is 4. The fraction of sp³-hybridized carbons (Fsp3) is 0.600. The van der Waals surface area contributed by atoms with Gasteiger partial charge in [-0.3, -0.25) is 0 Å². The Morgan fingerprint density at radius 1 is 1.04 bits per heavy atom. The number of anilines is 2. The van der Waals surface area contributed by atoms with Gasteiger partial charge in [0.2, 0.25) is 0 Å². The summed E-state index contributed by atoms with van der Waals surface area (Å²) in [6.45, 7) is 12.8. The predicted octanol–water partition coefficient (Wildman–Crippen LogP) is 4.90. The molecule has 0 amide bonds. The van der Waals surface area contributed by atoms with Crippen molar-refractivity contribution in [1.29, 1.82) is 0 Å². The highest BCUT2D eigenvalue weighted by molar-refractivity contribution is 5.90. The molecule has 252 valence electrons. The second-order valence-corrected chi connectivity index (χ2v) is 13.4. The molecule has 0 saturated heterocycles. The molecular weight excluding hydrogens is 582 g/mol. The minimum atomic E-state index is -0.910. The average Bonchev–Trinajstić information content (AvgIpc) is 3.04. The Balaban J connectivity index is 1.33. The monoisotopic (exact) mass is 635 g/mol. The molecule has 1 atom stereocenters. The van der Waals surface area contributed by atoms with Gasteiger partial charge >= 0.3 is 5.97 Å². The first-order valence-corrected chi connectivity index (χ1v) is 16.7. The lowest BCUT2D eigenvalue weighted by Crippen LogP contribution is -2.39. The zero-order valence-electron chi connectivity index (χ0n) is 28.1. The Kier molecular flexibility index (Phi) is 13.1. The minimum Gasteiger partial charge on any atom is -0.480 e. The number of nitrogens with one attached hydrogen (secondary N) is 2. The molecule has 1 aliphatic heterocycles. The number of unbranched alkanes of at least 4 members (excludes halogenated alkanes) is 1. The Bertz CT molecular complexity index is 1400. The van der Waals surface area contributed by atoms with E-state index in [0.29, 0.717) is 45.1 Å². The van der Waals surface area contributed by atoms with Crippen LogP contribution in [0.3, 0.4) is 0 Å². The Labute approximate surface area is 273 Å². The summed E-state index contributed by atoms with van der Waals surface area (Å²) < 4.78 is 12.3. The van der Waals surface area contributed by atoms with Crippen LogP contribution in [-0.4, -0.2) is 94.1 Å². The standard InChI is InChI=1S/C35H53N7O4/c1-34(2,17-22-45-35(3,4)24-36)46-23-21-42(19-8-7-11-27-15-14-26-10-9-18-37-31(26)40-27)20-16-30(33(43)44)41-32-28-12-5-6-13-29(28)38-25-39-32/h5-6,12-15,25,30H,7-11,16-24,36H2,1-4H3,(H,37,40)(H,43,44)(H,38,39,41)/t30-/m0/s1. The fourth-order valence-corrected chi connectivity index (χ4v) is 5.49. The molecule has 46 heavy (non-hydrogen) atoms. The zero-order valence-corrected chi connectivity index (χ0v) is 28.1. The Morgan fingerprint density at radius 2 is 1.85 bits per heavy atom. The molecule has 5 N–H and O–H groups in total. The first kappa shape index (κ1) is 35.5. The summed E-state index contributed by atoms with van der Waals surface area (Å²) in [6.07, 6.45) is 7.74. The van der Waals surface area contributed by atoms with Crippen LogP contribution in [0, 0.1) is 0 Å². The first-order valence-electron chi connectivity index (χ1n) is 16.7. The lowest BCUT2D eigenvalue weighted by atomic mass is 10.1. The molecule has 0 spiro atoms. The number of para-hydroxylation sites is 1. The molecule has 11 nitrogen and oxygen atoms in total. The van der Waals surface area contributed by atoms with Gasteiger partial charge in [0.1, 0.15) is 24.0 Å². The maximum Gasteiger partial charge on any atom is 0.326 e. The number of carboxylic acid groups (broad SMARTS) is 1. The summed E-state index contributed by atoms with van der Waals surface area (Å²) in [5, 5.41) is 17.5. The van der Waals surface area contributed by atoms with Gasteiger partial charge in [-0.25, -0.2) is 19.7 Å². The summed E-state index contributed by atoms with van der Waals surface area (Å²) in [6, 6.07) is 11.2. The van der Waals surface area contributed by atoms with Gasteiger partial charge in [-0.2, -0.15) is 0 Å². The van der Waals surface area contributed by atoms with E-state index in [2.05, 4.69) is 51.5 Å². The van der Waals surface area contributed by atoms with Crippen molar-refractivity contribution in [3.8, 4) is 0 Å². The molecule has 2 aromatic heterocycles. The van der Waals surface area contributed by atoms with Crippen molar-refractivity contribution in [3.63, 3.8) is 0 Å². The largest absolute Gasteiger partial charge is 0.480 e. The van der Waals surface area contributed by atoms with E-state index in [1.165, 1.54) is 11.9 Å². The van der Waals surface area contributed by atoms with Gasteiger partial charge in [0, 0.05) is 37.3 Å². The van der Waals surface area contributed by atoms with Gasteiger partial charge < -0.3 is 35.8 Å². The minimum absolute atomic E-state index is 0.356. The van der Waals surface area contributed by atoms with E-state index in [9.17, 15) is 9.90 Å². The highest BCUT2D eigenvalue weighted by Crippen LogP contribution is 2.22. The summed E-state index contributed by atoms with van der Waals surface area (Å²) in [5.41, 5.74) is 8.26. The third-order valence-electron chi connectivity index (χ3n) is 8.58. The van der Waals surface area contributed by atoms with Crippen molar-refractivity contribution in [3.05, 3.63) is 54.0 Å². The lowest BCUT2D eigenvalue weighted by molar-refractivity contribution is -0.138. The fourth-order valence-electron chi connectivity index (χ4n) is 5.49. The van der Waals surface area contributed by atoms with Crippen LogP contribution in [0.15, 0.2) is 42.7 Å². The number of aromatic nitrogens is 3. The number of ether oxygens (including phenoxy) is 2. The number of fused-ring (bicyclic) bond motifs is 2. The van der Waals surface area contributed by atoms with Crippen LogP contribution in [0.4, 0.5) is 11.6 Å². The number of hydrogen-bond donors (Lipinski definition) is 4. The lowest BCUT2D eigenvalue weighted by Gasteiger charge is -2.30. The Hall–Kier alpha value is -3.38. The van der Waals surface area contributed by atoms with Gasteiger partial charge in [0.05, 0.1) is 29.9 Å². The molecular formula is C35H53N7O4. The van der Waals surface area contributed by atoms with Crippen LogP contribution < -0.4 is 16.4 Å². The van der Waals surface area contributed by atoms with Crippen LogP contribution in [0.5, 0.6) is 0 Å². The SMILES string of the molecule is CC(C)(CN)OCCC(C)(C)OCCN(CCCCc1ccc2c(n1)NCCC2)CC[C@H](Nc1ncnc2ccccc12)C(=O)O. The van der Waals surface area contributed by atoms with Crippen molar-refractivity contribution in [2.24, 2.45) is 5.73 Å². The summed E-state index contributed by atoms with van der Waals surface area (Å²) >= 11 is 0. The van der Waals surface area contributed by atoms with Crippen molar-refractivity contribution in [1.82, 2.24) is 19.9 Å². The average molecular weight is 636 g/mol. The predicted molar refractivity (Wildman–Crippen MR) is 183 cm³/mol. The van der Waals surface area contributed by atoms with E-state index < -0.39 is 12.0 Å². The molecule has 0 radical (unpaired) electrons. The van der Waals surface area contributed by atoms with E-state index in [4.69, 9.17) is 20.2 Å².